The zero-order chi connectivity index (χ0) is 25.2. The number of methoxy groups -OCH3 is 1. The minimum absolute atomic E-state index is 0.00250. The number of para-hydroxylation sites is 4. The Morgan fingerprint density at radius 3 is 2.56 bits per heavy atom. The molecule has 0 N–H and O–H groups in total. The number of ether oxygens (including phenoxy) is 2. The molecule has 186 valence electrons. The lowest BCUT2D eigenvalue weighted by Crippen LogP contribution is -2.25. The van der Waals surface area contributed by atoms with E-state index < -0.39 is 0 Å². The summed E-state index contributed by atoms with van der Waals surface area (Å²) in [6.07, 6.45) is 1.23. The molecule has 1 atom stereocenters. The zero-order valence-corrected chi connectivity index (χ0v) is 21.6. The molecule has 36 heavy (non-hydrogen) atoms. The Morgan fingerprint density at radius 2 is 1.78 bits per heavy atom. The number of hydrogen-bond acceptors (Lipinski definition) is 4. The summed E-state index contributed by atoms with van der Waals surface area (Å²) in [5, 5.41) is 0.783. The van der Waals surface area contributed by atoms with E-state index in [9.17, 15) is 4.79 Å². The first-order chi connectivity index (χ1) is 17.5. The molecular formula is C29H30ClN3O3. The van der Waals surface area contributed by atoms with Gasteiger partial charge in [-0.25, -0.2) is 4.98 Å². The maximum Gasteiger partial charge on any atom is 0.227 e. The minimum atomic E-state index is -0.00250. The number of fused-ring (bicyclic) bond motifs is 1. The van der Waals surface area contributed by atoms with Gasteiger partial charge < -0.3 is 18.9 Å². The van der Waals surface area contributed by atoms with Crippen molar-refractivity contribution >= 4 is 34.2 Å². The molecule has 2 heterocycles. The first kappa shape index (κ1) is 24.2. The third kappa shape index (κ3) is 4.65. The van der Waals surface area contributed by atoms with Crippen LogP contribution in [-0.2, 0) is 11.3 Å². The molecule has 6 nitrogen and oxygen atoms in total. The maximum atomic E-state index is 13.1. The van der Waals surface area contributed by atoms with E-state index in [0.29, 0.717) is 25.3 Å². The molecule has 1 fully saturated rings. The lowest BCUT2D eigenvalue weighted by atomic mass is 10.1. The second kappa shape index (κ2) is 10.2. The van der Waals surface area contributed by atoms with Crippen molar-refractivity contribution in [2.45, 2.75) is 39.2 Å². The number of aryl methyl sites for hydroxylation is 3. The Bertz CT molecular complexity index is 1390. The van der Waals surface area contributed by atoms with Crippen molar-refractivity contribution in [2.75, 3.05) is 25.2 Å². The highest BCUT2D eigenvalue weighted by Crippen LogP contribution is 2.37. The number of rotatable bonds is 8. The van der Waals surface area contributed by atoms with Crippen molar-refractivity contribution in [3.05, 3.63) is 82.6 Å². The van der Waals surface area contributed by atoms with Gasteiger partial charge in [0.05, 0.1) is 30.4 Å². The molecule has 0 radical (unpaired) electrons. The molecule has 0 aliphatic carbocycles. The van der Waals surface area contributed by atoms with E-state index in [2.05, 4.69) is 10.6 Å². The Balaban J connectivity index is 1.35. The monoisotopic (exact) mass is 503 g/mol. The summed E-state index contributed by atoms with van der Waals surface area (Å²) < 4.78 is 13.8. The normalized spacial score (nSPS) is 15.6. The van der Waals surface area contributed by atoms with E-state index in [0.717, 1.165) is 57.4 Å². The van der Waals surface area contributed by atoms with Crippen LogP contribution in [0.4, 0.5) is 5.69 Å². The van der Waals surface area contributed by atoms with Gasteiger partial charge >= 0.3 is 0 Å². The molecule has 0 saturated carbocycles. The fourth-order valence-electron chi connectivity index (χ4n) is 5.01. The highest BCUT2D eigenvalue weighted by molar-refractivity contribution is 6.32. The van der Waals surface area contributed by atoms with Crippen molar-refractivity contribution in [3.8, 4) is 11.5 Å². The molecule has 1 aliphatic heterocycles. The lowest BCUT2D eigenvalue weighted by molar-refractivity contribution is -0.117. The van der Waals surface area contributed by atoms with Gasteiger partial charge in [0.15, 0.2) is 0 Å². The maximum absolute atomic E-state index is 13.1. The summed E-state index contributed by atoms with van der Waals surface area (Å²) in [7, 11) is 1.63. The summed E-state index contributed by atoms with van der Waals surface area (Å²) >= 11 is 6.29. The third-order valence-corrected chi connectivity index (χ3v) is 7.35. The quantitative estimate of drug-likeness (QED) is 0.264. The number of halogens is 1. The van der Waals surface area contributed by atoms with Crippen LogP contribution < -0.4 is 14.4 Å². The molecule has 1 saturated heterocycles. The molecule has 4 aromatic rings. The first-order valence-corrected chi connectivity index (χ1v) is 12.6. The smallest absolute Gasteiger partial charge is 0.227 e. The van der Waals surface area contributed by atoms with E-state index in [1.807, 2.05) is 73.3 Å². The number of amides is 1. The number of imidazole rings is 1. The van der Waals surface area contributed by atoms with Crippen LogP contribution in [0.3, 0.4) is 0 Å². The van der Waals surface area contributed by atoms with Gasteiger partial charge in [-0.15, -0.1) is 0 Å². The van der Waals surface area contributed by atoms with Crippen molar-refractivity contribution in [2.24, 2.45) is 0 Å². The number of anilines is 1. The standard InChI is InChI=1S/C29H30ClN3O3/c1-19-15-22(16-20(2)28(19)30)36-14-8-13-32-24-10-5-4-9-23(24)31-29(32)21-17-27(34)33(18-21)25-11-6-7-12-26(25)35-3/h4-7,9-12,15-16,21H,8,13-14,17-18H2,1-3H3. The number of benzene rings is 3. The molecular weight excluding hydrogens is 474 g/mol. The summed E-state index contributed by atoms with van der Waals surface area (Å²) in [5.41, 5.74) is 4.85. The molecule has 1 unspecified atom stereocenters. The summed E-state index contributed by atoms with van der Waals surface area (Å²) in [6, 6.07) is 19.8. The number of hydrogen-bond donors (Lipinski definition) is 0. The topological polar surface area (TPSA) is 56.6 Å². The second-order valence-electron chi connectivity index (χ2n) is 9.26. The zero-order valence-electron chi connectivity index (χ0n) is 20.8. The predicted octanol–water partition coefficient (Wildman–Crippen LogP) is 6.30. The van der Waals surface area contributed by atoms with E-state index in [1.165, 1.54) is 0 Å². The molecule has 1 amide bonds. The van der Waals surface area contributed by atoms with Crippen molar-refractivity contribution in [1.29, 1.82) is 0 Å². The van der Waals surface area contributed by atoms with Gasteiger partial charge in [0.25, 0.3) is 0 Å². The molecule has 3 aromatic carbocycles. The van der Waals surface area contributed by atoms with Crippen LogP contribution in [0.1, 0.15) is 35.7 Å². The average molecular weight is 504 g/mol. The van der Waals surface area contributed by atoms with Crippen LogP contribution in [0.15, 0.2) is 60.7 Å². The highest BCUT2D eigenvalue weighted by Gasteiger charge is 2.35. The van der Waals surface area contributed by atoms with E-state index in [-0.39, 0.29) is 11.8 Å². The SMILES string of the molecule is COc1ccccc1N1CC(c2nc3ccccc3n2CCCOc2cc(C)c(Cl)c(C)c2)CC1=O. The van der Waals surface area contributed by atoms with Gasteiger partial charge in [-0.3, -0.25) is 4.79 Å². The van der Waals surface area contributed by atoms with E-state index in [4.69, 9.17) is 26.1 Å². The van der Waals surface area contributed by atoms with E-state index in [1.54, 1.807) is 7.11 Å². The number of nitrogens with zero attached hydrogens (tertiary/aromatic N) is 3. The summed E-state index contributed by atoms with van der Waals surface area (Å²) in [5.74, 6) is 2.56. The second-order valence-corrected chi connectivity index (χ2v) is 9.64. The van der Waals surface area contributed by atoms with Gasteiger partial charge in [-0.1, -0.05) is 35.9 Å². The lowest BCUT2D eigenvalue weighted by Gasteiger charge is -2.20. The molecule has 7 heteroatoms. The molecule has 1 aromatic heterocycles. The van der Waals surface area contributed by atoms with Crippen molar-refractivity contribution < 1.29 is 14.3 Å². The Kier molecular flexibility index (Phi) is 6.88. The number of carbonyl (C=O) groups is 1. The largest absolute Gasteiger partial charge is 0.495 e. The van der Waals surface area contributed by atoms with E-state index >= 15 is 0 Å². The average Bonchev–Trinajstić information content (AvgIpc) is 3.45. The van der Waals surface area contributed by atoms with Crippen molar-refractivity contribution in [1.82, 2.24) is 9.55 Å². The highest BCUT2D eigenvalue weighted by atomic mass is 35.5. The van der Waals surface area contributed by atoms with Gasteiger partial charge in [-0.05, 0) is 67.8 Å². The van der Waals surface area contributed by atoms with Crippen LogP contribution >= 0.6 is 11.6 Å². The Morgan fingerprint density at radius 1 is 1.06 bits per heavy atom. The van der Waals surface area contributed by atoms with Crippen LogP contribution in [-0.4, -0.2) is 35.7 Å². The summed E-state index contributed by atoms with van der Waals surface area (Å²) in [4.78, 5) is 19.8. The Labute approximate surface area is 216 Å². The van der Waals surface area contributed by atoms with Crippen molar-refractivity contribution in [3.63, 3.8) is 0 Å². The molecule has 5 rings (SSSR count). The summed E-state index contributed by atoms with van der Waals surface area (Å²) in [6.45, 7) is 5.87. The van der Waals surface area contributed by atoms with Gasteiger partial charge in [0, 0.05) is 30.5 Å². The van der Waals surface area contributed by atoms with Crippen LogP contribution in [0.5, 0.6) is 11.5 Å². The third-order valence-electron chi connectivity index (χ3n) is 6.75. The van der Waals surface area contributed by atoms with Gasteiger partial charge in [0.2, 0.25) is 5.91 Å². The van der Waals surface area contributed by atoms with Gasteiger partial charge in [-0.2, -0.15) is 0 Å². The van der Waals surface area contributed by atoms with Crippen LogP contribution in [0.2, 0.25) is 5.02 Å². The predicted molar refractivity (Wildman–Crippen MR) is 143 cm³/mol. The van der Waals surface area contributed by atoms with Crippen LogP contribution in [0, 0.1) is 13.8 Å². The fourth-order valence-corrected chi connectivity index (χ4v) is 5.12. The first-order valence-electron chi connectivity index (χ1n) is 12.2. The minimum Gasteiger partial charge on any atom is -0.495 e. The molecule has 1 aliphatic rings. The number of aromatic nitrogens is 2. The van der Waals surface area contributed by atoms with Gasteiger partial charge in [0.1, 0.15) is 17.3 Å². The molecule has 0 spiro atoms. The fraction of sp³-hybridized carbons (Fsp3) is 0.310. The Hall–Kier alpha value is -3.51. The van der Waals surface area contributed by atoms with Crippen LogP contribution in [0.25, 0.3) is 11.0 Å². The molecule has 0 bridgehead atoms. The number of carbonyl (C=O) groups excluding carboxylic acids is 1.